The van der Waals surface area contributed by atoms with Crippen molar-refractivity contribution in [3.05, 3.63) is 119 Å². The second kappa shape index (κ2) is 9.18. The SMILES string of the molecule is O=C(Nc1ccc(Cc2ccncc2)cc1)c1cc(-c2cccnc2)nc2c(Cl)cccc12. The first-order chi connectivity index (χ1) is 16.2. The third kappa shape index (κ3) is 4.59. The van der Waals surface area contributed by atoms with E-state index in [1.165, 1.54) is 5.56 Å². The van der Waals surface area contributed by atoms with E-state index in [0.717, 1.165) is 17.5 Å². The van der Waals surface area contributed by atoms with E-state index < -0.39 is 0 Å². The summed E-state index contributed by atoms with van der Waals surface area (Å²) >= 11 is 6.42. The number of benzene rings is 2. The predicted octanol–water partition coefficient (Wildman–Crippen LogP) is 6.19. The first-order valence-electron chi connectivity index (χ1n) is 10.5. The van der Waals surface area contributed by atoms with Crippen LogP contribution < -0.4 is 5.32 Å². The maximum Gasteiger partial charge on any atom is 0.256 e. The number of rotatable bonds is 5. The molecule has 0 bridgehead atoms. The number of carbonyl (C=O) groups is 1. The van der Waals surface area contributed by atoms with E-state index >= 15 is 0 Å². The first-order valence-corrected chi connectivity index (χ1v) is 10.8. The second-order valence-electron chi connectivity index (χ2n) is 7.62. The largest absolute Gasteiger partial charge is 0.322 e. The lowest BCUT2D eigenvalue weighted by Crippen LogP contribution is -2.13. The van der Waals surface area contributed by atoms with E-state index in [1.807, 2.05) is 60.7 Å². The number of nitrogens with zero attached hydrogens (tertiary/aromatic N) is 3. The molecule has 5 rings (SSSR count). The number of carbonyl (C=O) groups excluding carboxylic acids is 1. The van der Waals surface area contributed by atoms with Crippen molar-refractivity contribution in [3.8, 4) is 11.3 Å². The van der Waals surface area contributed by atoms with Crippen LogP contribution in [0.25, 0.3) is 22.2 Å². The number of amides is 1. The fourth-order valence-corrected chi connectivity index (χ4v) is 3.92. The molecule has 0 aliphatic heterocycles. The van der Waals surface area contributed by atoms with Crippen LogP contribution in [0.15, 0.2) is 97.6 Å². The standard InChI is InChI=1S/C27H19ClN4O/c28-24-5-1-4-22-23(16-25(32-26(22)24)20-3-2-12-30-17-20)27(33)31-21-8-6-18(7-9-21)15-19-10-13-29-14-11-19/h1-14,16-17H,15H2,(H,31,33). The highest BCUT2D eigenvalue weighted by atomic mass is 35.5. The fraction of sp³-hybridized carbons (Fsp3) is 0.0370. The monoisotopic (exact) mass is 450 g/mol. The third-order valence-electron chi connectivity index (χ3n) is 5.36. The van der Waals surface area contributed by atoms with Gasteiger partial charge in [-0.1, -0.05) is 35.9 Å². The zero-order valence-corrected chi connectivity index (χ0v) is 18.3. The van der Waals surface area contributed by atoms with Crippen LogP contribution in [0.5, 0.6) is 0 Å². The van der Waals surface area contributed by atoms with Crippen molar-refractivity contribution in [2.24, 2.45) is 0 Å². The number of hydrogen-bond donors (Lipinski definition) is 1. The van der Waals surface area contributed by atoms with Crippen molar-refractivity contribution in [1.82, 2.24) is 15.0 Å². The number of halogens is 1. The highest BCUT2D eigenvalue weighted by Gasteiger charge is 2.16. The van der Waals surface area contributed by atoms with Crippen LogP contribution in [0.2, 0.25) is 5.02 Å². The van der Waals surface area contributed by atoms with Crippen LogP contribution in [0, 0.1) is 0 Å². The van der Waals surface area contributed by atoms with E-state index in [2.05, 4.69) is 15.3 Å². The minimum absolute atomic E-state index is 0.225. The number of aromatic nitrogens is 3. The fourth-order valence-electron chi connectivity index (χ4n) is 3.70. The van der Waals surface area contributed by atoms with Crippen molar-refractivity contribution in [2.75, 3.05) is 5.32 Å². The zero-order valence-electron chi connectivity index (χ0n) is 17.6. The average Bonchev–Trinajstić information content (AvgIpc) is 2.86. The molecule has 3 heterocycles. The van der Waals surface area contributed by atoms with Gasteiger partial charge in [-0.2, -0.15) is 0 Å². The molecule has 5 aromatic rings. The molecule has 3 aromatic heterocycles. The number of fused-ring (bicyclic) bond motifs is 1. The molecule has 6 heteroatoms. The predicted molar refractivity (Wildman–Crippen MR) is 131 cm³/mol. The summed E-state index contributed by atoms with van der Waals surface area (Å²) in [6, 6.07) is 22.8. The van der Waals surface area contributed by atoms with E-state index in [0.29, 0.717) is 32.9 Å². The van der Waals surface area contributed by atoms with Gasteiger partial charge in [-0.15, -0.1) is 0 Å². The van der Waals surface area contributed by atoms with Crippen molar-refractivity contribution in [3.63, 3.8) is 0 Å². The lowest BCUT2D eigenvalue weighted by Gasteiger charge is -2.12. The number of nitrogens with one attached hydrogen (secondary N) is 1. The van der Waals surface area contributed by atoms with Crippen molar-refractivity contribution < 1.29 is 4.79 Å². The highest BCUT2D eigenvalue weighted by molar-refractivity contribution is 6.35. The Bertz CT molecular complexity index is 1420. The lowest BCUT2D eigenvalue weighted by atomic mass is 10.0. The van der Waals surface area contributed by atoms with Crippen molar-refractivity contribution in [2.45, 2.75) is 6.42 Å². The Kier molecular flexibility index (Phi) is 5.79. The molecule has 0 unspecified atom stereocenters. The molecule has 0 saturated heterocycles. The maximum absolute atomic E-state index is 13.3. The Hall–Kier alpha value is -4.09. The third-order valence-corrected chi connectivity index (χ3v) is 5.67. The van der Waals surface area contributed by atoms with Gasteiger partial charge in [0, 0.05) is 41.4 Å². The zero-order chi connectivity index (χ0) is 22.6. The summed E-state index contributed by atoms with van der Waals surface area (Å²) in [5.74, 6) is -0.225. The van der Waals surface area contributed by atoms with Gasteiger partial charge in [0.15, 0.2) is 0 Å². The Morgan fingerprint density at radius 2 is 1.64 bits per heavy atom. The van der Waals surface area contributed by atoms with E-state index in [-0.39, 0.29) is 5.91 Å². The molecule has 0 atom stereocenters. The molecule has 1 N–H and O–H groups in total. The number of pyridine rings is 3. The molecule has 0 radical (unpaired) electrons. The van der Waals surface area contributed by atoms with Crippen LogP contribution >= 0.6 is 11.6 Å². The molecular weight excluding hydrogens is 432 g/mol. The molecule has 0 aliphatic carbocycles. The van der Waals surface area contributed by atoms with Crippen LogP contribution in [-0.2, 0) is 6.42 Å². The van der Waals surface area contributed by atoms with Gasteiger partial charge in [-0.25, -0.2) is 4.98 Å². The molecule has 1 amide bonds. The van der Waals surface area contributed by atoms with Gasteiger partial charge in [-0.3, -0.25) is 14.8 Å². The average molecular weight is 451 g/mol. The van der Waals surface area contributed by atoms with E-state index in [4.69, 9.17) is 16.6 Å². The Labute approximate surface area is 196 Å². The minimum Gasteiger partial charge on any atom is -0.322 e. The maximum atomic E-state index is 13.3. The van der Waals surface area contributed by atoms with Crippen LogP contribution in [0.3, 0.4) is 0 Å². The molecule has 0 saturated carbocycles. The van der Waals surface area contributed by atoms with Crippen LogP contribution in [-0.4, -0.2) is 20.9 Å². The Morgan fingerprint density at radius 1 is 0.848 bits per heavy atom. The van der Waals surface area contributed by atoms with E-state index in [1.54, 1.807) is 36.9 Å². The van der Waals surface area contributed by atoms with Crippen molar-refractivity contribution >= 4 is 34.1 Å². The number of hydrogen-bond acceptors (Lipinski definition) is 4. The van der Waals surface area contributed by atoms with Gasteiger partial charge >= 0.3 is 0 Å². The Balaban J connectivity index is 1.45. The van der Waals surface area contributed by atoms with Gasteiger partial charge < -0.3 is 5.32 Å². The van der Waals surface area contributed by atoms with E-state index in [9.17, 15) is 4.79 Å². The highest BCUT2D eigenvalue weighted by Crippen LogP contribution is 2.29. The van der Waals surface area contributed by atoms with Gasteiger partial charge in [0.05, 0.1) is 21.8 Å². The summed E-state index contributed by atoms with van der Waals surface area (Å²) in [6.07, 6.45) is 7.79. The smallest absolute Gasteiger partial charge is 0.256 e. The second-order valence-corrected chi connectivity index (χ2v) is 8.02. The van der Waals surface area contributed by atoms with Gasteiger partial charge in [0.2, 0.25) is 0 Å². The molecule has 2 aromatic carbocycles. The molecule has 0 aliphatic rings. The van der Waals surface area contributed by atoms with Crippen LogP contribution in [0.4, 0.5) is 5.69 Å². The quantitative estimate of drug-likeness (QED) is 0.346. The Morgan fingerprint density at radius 3 is 2.39 bits per heavy atom. The lowest BCUT2D eigenvalue weighted by molar-refractivity contribution is 0.102. The summed E-state index contributed by atoms with van der Waals surface area (Å²) in [5, 5.41) is 4.19. The van der Waals surface area contributed by atoms with Gasteiger partial charge in [0.25, 0.3) is 5.91 Å². The minimum atomic E-state index is -0.225. The van der Waals surface area contributed by atoms with Gasteiger partial charge in [0.1, 0.15) is 0 Å². The topological polar surface area (TPSA) is 67.8 Å². The number of para-hydroxylation sites is 1. The summed E-state index contributed by atoms with van der Waals surface area (Å²) in [4.78, 5) is 26.2. The molecule has 33 heavy (non-hydrogen) atoms. The summed E-state index contributed by atoms with van der Waals surface area (Å²) in [7, 11) is 0. The molecule has 5 nitrogen and oxygen atoms in total. The van der Waals surface area contributed by atoms with Gasteiger partial charge in [-0.05, 0) is 66.1 Å². The molecule has 0 spiro atoms. The first kappa shape index (κ1) is 20.8. The van der Waals surface area contributed by atoms with Crippen molar-refractivity contribution in [1.29, 1.82) is 0 Å². The normalized spacial score (nSPS) is 10.8. The molecular formula is C27H19ClN4O. The summed E-state index contributed by atoms with van der Waals surface area (Å²) in [5.41, 5.74) is 5.59. The summed E-state index contributed by atoms with van der Waals surface area (Å²) in [6.45, 7) is 0. The van der Waals surface area contributed by atoms with Crippen LogP contribution in [0.1, 0.15) is 21.5 Å². The summed E-state index contributed by atoms with van der Waals surface area (Å²) < 4.78 is 0. The molecule has 160 valence electrons. The molecule has 0 fully saturated rings. The number of anilines is 1.